The van der Waals surface area contributed by atoms with E-state index in [0.29, 0.717) is 27.8 Å². The highest BCUT2D eigenvalue weighted by molar-refractivity contribution is 6.25. The molecular formula is C31H22O8. The molecule has 3 atom stereocenters. The smallest absolute Gasteiger partial charge is 0.195 e. The third kappa shape index (κ3) is 2.68. The Kier molecular flexibility index (Phi) is 4.48. The standard InChI is InChI=1S/C31H22O8/c1-12(32)15-11-17-25-19(5-6-21(35)28(25)30(15)39)31-13(8-23(37)27-18(31)3-2-4-20(27)34)7-22(36)26-16(29(17)31)9-14(33)10-24(26)38/h2-6,9-13,32-35,38H,7-8H2,1H3. The first-order valence-electron chi connectivity index (χ1n) is 12.6. The summed E-state index contributed by atoms with van der Waals surface area (Å²) in [4.78, 5) is 40.7. The van der Waals surface area contributed by atoms with E-state index in [1.807, 2.05) is 0 Å². The molecule has 0 amide bonds. The molecule has 4 aliphatic rings. The number of Topliss-reactive ketones (excluding diaryl/α,β-unsaturated/α-hetero) is 3. The van der Waals surface area contributed by atoms with Crippen molar-refractivity contribution in [2.24, 2.45) is 5.92 Å². The average Bonchev–Trinajstić information content (AvgIpc) is 3.09. The summed E-state index contributed by atoms with van der Waals surface area (Å²) in [7, 11) is 0. The van der Waals surface area contributed by atoms with E-state index in [2.05, 4.69) is 0 Å². The van der Waals surface area contributed by atoms with Crippen LogP contribution in [0.1, 0.15) is 73.1 Å². The second-order valence-corrected chi connectivity index (χ2v) is 10.6. The Bertz CT molecular complexity index is 1790. The first-order chi connectivity index (χ1) is 18.6. The van der Waals surface area contributed by atoms with E-state index in [-0.39, 0.29) is 63.7 Å². The van der Waals surface area contributed by atoms with Crippen molar-refractivity contribution in [1.82, 2.24) is 0 Å². The fraction of sp³-hybridized carbons (Fsp3) is 0.194. The Morgan fingerprint density at radius 1 is 0.795 bits per heavy atom. The minimum Gasteiger partial charge on any atom is -0.508 e. The van der Waals surface area contributed by atoms with Gasteiger partial charge in [-0.15, -0.1) is 0 Å². The van der Waals surface area contributed by atoms with Crippen molar-refractivity contribution >= 4 is 28.5 Å². The fourth-order valence-electron chi connectivity index (χ4n) is 7.30. The summed E-state index contributed by atoms with van der Waals surface area (Å²) in [6.45, 7) is 1.43. The number of hydrogen-bond acceptors (Lipinski definition) is 8. The van der Waals surface area contributed by atoms with E-state index < -0.39 is 34.8 Å². The molecule has 0 saturated heterocycles. The Balaban J connectivity index is 1.77. The van der Waals surface area contributed by atoms with Gasteiger partial charge >= 0.3 is 0 Å². The summed E-state index contributed by atoms with van der Waals surface area (Å²) in [5.41, 5.74) is 1.31. The zero-order chi connectivity index (χ0) is 27.5. The van der Waals surface area contributed by atoms with Crippen LogP contribution in [0.2, 0.25) is 0 Å². The molecule has 39 heavy (non-hydrogen) atoms. The van der Waals surface area contributed by atoms with Crippen LogP contribution in [0.15, 0.2) is 54.1 Å². The normalized spacial score (nSPS) is 23.3. The van der Waals surface area contributed by atoms with Gasteiger partial charge in [0.05, 0.1) is 28.2 Å². The lowest BCUT2D eigenvalue weighted by Gasteiger charge is -2.44. The van der Waals surface area contributed by atoms with Crippen LogP contribution in [0.3, 0.4) is 0 Å². The highest BCUT2D eigenvalue weighted by atomic mass is 16.3. The maximum absolute atomic E-state index is 13.7. The van der Waals surface area contributed by atoms with E-state index in [1.165, 1.54) is 31.2 Å². The molecule has 0 fully saturated rings. The number of rotatable bonds is 1. The number of carbonyl (C=O) groups is 3. The molecule has 8 nitrogen and oxygen atoms in total. The van der Waals surface area contributed by atoms with Crippen molar-refractivity contribution in [1.29, 1.82) is 0 Å². The Labute approximate surface area is 221 Å². The Morgan fingerprint density at radius 3 is 2.18 bits per heavy atom. The summed E-state index contributed by atoms with van der Waals surface area (Å²) in [6, 6.07) is 10.2. The molecule has 0 aromatic heterocycles. The molecule has 194 valence electrons. The Morgan fingerprint density at radius 2 is 1.46 bits per heavy atom. The van der Waals surface area contributed by atoms with Crippen LogP contribution in [-0.4, -0.2) is 49.0 Å². The van der Waals surface area contributed by atoms with E-state index >= 15 is 0 Å². The molecule has 0 bridgehead atoms. The van der Waals surface area contributed by atoms with Crippen molar-refractivity contribution in [3.05, 3.63) is 93.1 Å². The number of hydrogen-bond donors (Lipinski definition) is 5. The number of phenolic OH excluding ortho intramolecular Hbond substituents is 4. The number of aliphatic hydroxyl groups excluding tert-OH is 1. The molecule has 3 aromatic carbocycles. The maximum Gasteiger partial charge on any atom is 0.195 e. The molecule has 3 unspecified atom stereocenters. The summed E-state index contributed by atoms with van der Waals surface area (Å²) in [6.07, 6.45) is 0.0889. The van der Waals surface area contributed by atoms with Gasteiger partial charge in [-0.1, -0.05) is 18.2 Å². The molecule has 1 spiro atoms. The number of ketones is 3. The number of fused-ring (bicyclic) bond motifs is 3. The molecule has 5 N–H and O–H groups in total. The molecule has 0 saturated carbocycles. The van der Waals surface area contributed by atoms with Crippen molar-refractivity contribution < 1.29 is 39.9 Å². The van der Waals surface area contributed by atoms with Gasteiger partial charge in [0.1, 0.15) is 23.0 Å². The molecule has 4 aliphatic carbocycles. The summed E-state index contributed by atoms with van der Waals surface area (Å²) < 4.78 is 0. The van der Waals surface area contributed by atoms with Crippen LogP contribution >= 0.6 is 0 Å². The summed E-state index contributed by atoms with van der Waals surface area (Å²) in [5, 5.41) is 53.7. The van der Waals surface area contributed by atoms with Gasteiger partial charge in [-0.05, 0) is 65.0 Å². The third-order valence-electron chi connectivity index (χ3n) is 8.65. The molecule has 8 heteroatoms. The first-order valence-corrected chi connectivity index (χ1v) is 12.6. The lowest BCUT2D eigenvalue weighted by atomic mass is 9.56. The monoisotopic (exact) mass is 522 g/mol. The minimum atomic E-state index is -1.26. The average molecular weight is 523 g/mol. The molecule has 0 aliphatic heterocycles. The molecule has 0 heterocycles. The quantitative estimate of drug-likeness (QED) is 0.321. The lowest BCUT2D eigenvalue weighted by Crippen LogP contribution is -2.42. The van der Waals surface area contributed by atoms with Crippen LogP contribution in [0.5, 0.6) is 23.0 Å². The summed E-state index contributed by atoms with van der Waals surface area (Å²) in [5.74, 6) is -3.22. The molecular weight excluding hydrogens is 500 g/mol. The molecule has 7 rings (SSSR count). The molecule has 0 radical (unpaired) electrons. The van der Waals surface area contributed by atoms with Crippen LogP contribution in [0.4, 0.5) is 0 Å². The second kappa shape index (κ2) is 7.45. The highest BCUT2D eigenvalue weighted by Gasteiger charge is 2.60. The summed E-state index contributed by atoms with van der Waals surface area (Å²) >= 11 is 0. The fourth-order valence-corrected chi connectivity index (χ4v) is 7.30. The van der Waals surface area contributed by atoms with Crippen molar-refractivity contribution in [2.75, 3.05) is 0 Å². The van der Waals surface area contributed by atoms with E-state index in [9.17, 15) is 39.9 Å². The van der Waals surface area contributed by atoms with Crippen LogP contribution in [-0.2, 0) is 5.41 Å². The SMILES string of the molecule is CC(O)C1=CC2=C3c4cc(O)cc(O)c4C(=O)CC4CC(=O)c5c(O)cccc5C34c3ccc(O)c(c32)C1=O. The zero-order valence-corrected chi connectivity index (χ0v) is 20.6. The first kappa shape index (κ1) is 23.4. The predicted molar refractivity (Wildman–Crippen MR) is 139 cm³/mol. The van der Waals surface area contributed by atoms with Gasteiger partial charge < -0.3 is 25.5 Å². The van der Waals surface area contributed by atoms with Crippen molar-refractivity contribution in [2.45, 2.75) is 31.3 Å². The topological polar surface area (TPSA) is 152 Å². The van der Waals surface area contributed by atoms with Crippen molar-refractivity contribution in [3.8, 4) is 23.0 Å². The lowest BCUT2D eigenvalue weighted by molar-refractivity contribution is 0.0882. The number of allylic oxidation sites excluding steroid dienone is 3. The van der Waals surface area contributed by atoms with Gasteiger partial charge in [-0.25, -0.2) is 0 Å². The molecule has 3 aromatic rings. The van der Waals surface area contributed by atoms with E-state index in [1.54, 1.807) is 18.2 Å². The van der Waals surface area contributed by atoms with Crippen LogP contribution in [0, 0.1) is 5.92 Å². The number of carbonyl (C=O) groups excluding carboxylic acids is 3. The third-order valence-corrected chi connectivity index (χ3v) is 8.65. The number of aromatic hydroxyl groups is 4. The second-order valence-electron chi connectivity index (χ2n) is 10.6. The highest BCUT2D eigenvalue weighted by Crippen LogP contribution is 2.67. The maximum atomic E-state index is 13.7. The number of aliphatic hydroxyl groups is 1. The van der Waals surface area contributed by atoms with Gasteiger partial charge in [0.2, 0.25) is 0 Å². The van der Waals surface area contributed by atoms with Gasteiger partial charge in [-0.3, -0.25) is 14.4 Å². The minimum absolute atomic E-state index is 0.00884. The van der Waals surface area contributed by atoms with Gasteiger partial charge in [0, 0.05) is 30.0 Å². The van der Waals surface area contributed by atoms with Crippen LogP contribution < -0.4 is 0 Å². The van der Waals surface area contributed by atoms with Crippen LogP contribution in [0.25, 0.3) is 11.1 Å². The van der Waals surface area contributed by atoms with Gasteiger partial charge in [-0.2, -0.15) is 0 Å². The predicted octanol–water partition coefficient (Wildman–Crippen LogP) is 4.01. The van der Waals surface area contributed by atoms with E-state index in [4.69, 9.17) is 0 Å². The number of phenols is 4. The van der Waals surface area contributed by atoms with Gasteiger partial charge in [0.15, 0.2) is 17.3 Å². The zero-order valence-electron chi connectivity index (χ0n) is 20.6. The van der Waals surface area contributed by atoms with Crippen molar-refractivity contribution in [3.63, 3.8) is 0 Å². The Hall–Kier alpha value is -4.69. The van der Waals surface area contributed by atoms with E-state index in [0.717, 1.165) is 6.07 Å². The number of benzene rings is 3. The van der Waals surface area contributed by atoms with Gasteiger partial charge in [0.25, 0.3) is 0 Å². The largest absolute Gasteiger partial charge is 0.508 e.